The van der Waals surface area contributed by atoms with Gasteiger partial charge in [0.1, 0.15) is 5.69 Å². The van der Waals surface area contributed by atoms with E-state index in [2.05, 4.69) is 17.2 Å². The van der Waals surface area contributed by atoms with E-state index in [0.29, 0.717) is 19.3 Å². The molecule has 0 aromatic carbocycles. The number of thiocarbonyl (C=S) groups is 1. The van der Waals surface area contributed by atoms with Gasteiger partial charge in [0.15, 0.2) is 0 Å². The maximum atomic E-state index is 12.8. The molecule has 0 bridgehead atoms. The van der Waals surface area contributed by atoms with Crippen LogP contribution in [-0.2, 0) is 22.2 Å². The molecule has 0 aliphatic carbocycles. The molecule has 21 heavy (non-hydrogen) atoms. The highest BCUT2D eigenvalue weighted by molar-refractivity contribution is 7.78. The average Bonchev–Trinajstić information content (AvgIpc) is 2.43. The highest BCUT2D eigenvalue weighted by atomic mass is 32.1. The fraction of sp³-hybridized carbons (Fsp3) is 0.500. The number of alkyl halides is 3. The standard InChI is InChI=1S/C12H11F3N2O3S/c13-12(14,15)8-3-10(16-7-21)11(18)17(4-8)5-9-6-19-1-2-20-9/h3-4,9H,1-2,5-6H2. The maximum Gasteiger partial charge on any atom is 0.417 e. The zero-order valence-corrected chi connectivity index (χ0v) is 11.5. The van der Waals surface area contributed by atoms with E-state index in [1.165, 1.54) is 0 Å². The Morgan fingerprint density at radius 3 is 2.81 bits per heavy atom. The summed E-state index contributed by atoms with van der Waals surface area (Å²) in [7, 11) is 0. The first-order valence-corrected chi connectivity index (χ1v) is 6.41. The first-order valence-electron chi connectivity index (χ1n) is 6.00. The minimum Gasteiger partial charge on any atom is -0.376 e. The molecule has 0 saturated carbocycles. The van der Waals surface area contributed by atoms with E-state index in [4.69, 9.17) is 9.47 Å². The van der Waals surface area contributed by atoms with Gasteiger partial charge >= 0.3 is 6.18 Å². The first kappa shape index (κ1) is 15.8. The monoisotopic (exact) mass is 320 g/mol. The predicted molar refractivity (Wildman–Crippen MR) is 70.9 cm³/mol. The summed E-state index contributed by atoms with van der Waals surface area (Å²) in [5.74, 6) is 0. The molecule has 1 unspecified atom stereocenters. The third-order valence-corrected chi connectivity index (χ3v) is 2.94. The third kappa shape index (κ3) is 3.98. The van der Waals surface area contributed by atoms with Gasteiger partial charge in [-0.1, -0.05) is 0 Å². The van der Waals surface area contributed by atoms with Crippen molar-refractivity contribution in [2.24, 2.45) is 4.99 Å². The van der Waals surface area contributed by atoms with Crippen LogP contribution in [0.25, 0.3) is 0 Å². The molecule has 1 aliphatic rings. The molecule has 0 amide bonds. The summed E-state index contributed by atoms with van der Waals surface area (Å²) in [6.07, 6.45) is -4.34. The fourth-order valence-corrected chi connectivity index (χ4v) is 2.00. The SMILES string of the molecule is O=c1c(N=C=S)cc(C(F)(F)F)cn1CC1COCCO1. The number of hydrogen-bond acceptors (Lipinski definition) is 5. The Labute approximate surface area is 123 Å². The number of pyridine rings is 1. The number of halogens is 3. The summed E-state index contributed by atoms with van der Waals surface area (Å²) >= 11 is 4.34. The van der Waals surface area contributed by atoms with Crippen molar-refractivity contribution < 1.29 is 22.6 Å². The maximum absolute atomic E-state index is 12.8. The van der Waals surface area contributed by atoms with E-state index in [1.54, 1.807) is 0 Å². The lowest BCUT2D eigenvalue weighted by Gasteiger charge is -2.24. The van der Waals surface area contributed by atoms with Crippen molar-refractivity contribution in [2.45, 2.75) is 18.8 Å². The zero-order valence-electron chi connectivity index (χ0n) is 10.7. The van der Waals surface area contributed by atoms with Gasteiger partial charge in [0.25, 0.3) is 5.56 Å². The highest BCUT2D eigenvalue weighted by Gasteiger charge is 2.32. The number of ether oxygens (including phenoxy) is 2. The lowest BCUT2D eigenvalue weighted by molar-refractivity contribution is -0.138. The Morgan fingerprint density at radius 2 is 2.24 bits per heavy atom. The van der Waals surface area contributed by atoms with E-state index in [9.17, 15) is 18.0 Å². The van der Waals surface area contributed by atoms with Crippen LogP contribution in [0.5, 0.6) is 0 Å². The summed E-state index contributed by atoms with van der Waals surface area (Å²) in [6, 6.07) is 0.649. The first-order chi connectivity index (χ1) is 9.91. The van der Waals surface area contributed by atoms with Gasteiger partial charge in [-0.3, -0.25) is 4.79 Å². The second-order valence-corrected chi connectivity index (χ2v) is 4.52. The van der Waals surface area contributed by atoms with Crippen LogP contribution in [0.4, 0.5) is 18.9 Å². The van der Waals surface area contributed by atoms with Crippen LogP contribution in [0, 0.1) is 0 Å². The number of nitrogens with zero attached hydrogens (tertiary/aromatic N) is 2. The topological polar surface area (TPSA) is 52.8 Å². The van der Waals surface area contributed by atoms with E-state index in [0.717, 1.165) is 10.8 Å². The summed E-state index contributed by atoms with van der Waals surface area (Å²) in [5, 5.41) is 1.91. The zero-order chi connectivity index (χ0) is 15.5. The third-order valence-electron chi connectivity index (χ3n) is 2.85. The van der Waals surface area contributed by atoms with Gasteiger partial charge in [0.05, 0.1) is 43.2 Å². The van der Waals surface area contributed by atoms with Crippen molar-refractivity contribution in [3.63, 3.8) is 0 Å². The average molecular weight is 320 g/mol. The quantitative estimate of drug-likeness (QED) is 0.631. The molecule has 9 heteroatoms. The summed E-state index contributed by atoms with van der Waals surface area (Å²) in [6.45, 7) is 0.926. The van der Waals surface area contributed by atoms with Gasteiger partial charge in [-0.2, -0.15) is 18.2 Å². The summed E-state index contributed by atoms with van der Waals surface area (Å²) < 4.78 is 49.9. The number of isothiocyanates is 1. The molecule has 2 rings (SSSR count). The van der Waals surface area contributed by atoms with E-state index < -0.39 is 29.1 Å². The van der Waals surface area contributed by atoms with Crippen LogP contribution in [-0.4, -0.2) is 35.7 Å². The molecular weight excluding hydrogens is 309 g/mol. The molecule has 1 atom stereocenters. The lowest BCUT2D eigenvalue weighted by Crippen LogP contribution is -2.35. The number of aromatic nitrogens is 1. The van der Waals surface area contributed by atoms with Crippen molar-refractivity contribution in [3.8, 4) is 0 Å². The van der Waals surface area contributed by atoms with Crippen LogP contribution in [0.3, 0.4) is 0 Å². The molecule has 1 fully saturated rings. The Kier molecular flexibility index (Phi) is 4.89. The summed E-state index contributed by atoms with van der Waals surface area (Å²) in [4.78, 5) is 15.4. The van der Waals surface area contributed by atoms with Gasteiger partial charge in [-0.05, 0) is 18.3 Å². The van der Waals surface area contributed by atoms with Crippen LogP contribution >= 0.6 is 12.2 Å². The predicted octanol–water partition coefficient (Wildman–Crippen LogP) is 2.02. The molecule has 0 spiro atoms. The van der Waals surface area contributed by atoms with Crippen LogP contribution in [0.1, 0.15) is 5.56 Å². The second kappa shape index (κ2) is 6.48. The van der Waals surface area contributed by atoms with Crippen LogP contribution < -0.4 is 5.56 Å². The van der Waals surface area contributed by atoms with E-state index in [-0.39, 0.29) is 13.2 Å². The van der Waals surface area contributed by atoms with Gasteiger partial charge in [-0.25, -0.2) is 0 Å². The molecular formula is C12H11F3N2O3S. The smallest absolute Gasteiger partial charge is 0.376 e. The van der Waals surface area contributed by atoms with E-state index >= 15 is 0 Å². The van der Waals surface area contributed by atoms with Crippen molar-refractivity contribution in [3.05, 3.63) is 28.2 Å². The molecule has 0 radical (unpaired) electrons. The largest absolute Gasteiger partial charge is 0.417 e. The molecule has 1 aliphatic heterocycles. The van der Waals surface area contributed by atoms with Gasteiger partial charge in [0.2, 0.25) is 0 Å². The summed E-state index contributed by atoms with van der Waals surface area (Å²) in [5.41, 5.74) is -2.08. The van der Waals surface area contributed by atoms with Crippen LogP contribution in [0.2, 0.25) is 0 Å². The Morgan fingerprint density at radius 1 is 1.48 bits per heavy atom. The Bertz CT molecular complexity index is 617. The number of rotatable bonds is 3. The van der Waals surface area contributed by atoms with Crippen molar-refractivity contribution >= 4 is 23.1 Å². The second-order valence-electron chi connectivity index (χ2n) is 4.34. The molecule has 0 N–H and O–H groups in total. The Balaban J connectivity index is 2.40. The molecule has 1 saturated heterocycles. The Hall–Kier alpha value is -1.54. The fourth-order valence-electron chi connectivity index (χ4n) is 1.90. The molecule has 5 nitrogen and oxygen atoms in total. The minimum absolute atomic E-state index is 0.0529. The normalized spacial score (nSPS) is 19.1. The number of aliphatic imine (C=N–C) groups is 1. The molecule has 114 valence electrons. The molecule has 1 aromatic heterocycles. The number of hydrogen-bond donors (Lipinski definition) is 0. The lowest BCUT2D eigenvalue weighted by atomic mass is 10.2. The van der Waals surface area contributed by atoms with Crippen molar-refractivity contribution in [2.75, 3.05) is 19.8 Å². The molecule has 1 aromatic rings. The minimum atomic E-state index is -4.59. The highest BCUT2D eigenvalue weighted by Crippen LogP contribution is 2.30. The van der Waals surface area contributed by atoms with Crippen LogP contribution in [0.15, 0.2) is 22.1 Å². The molecule has 2 heterocycles. The van der Waals surface area contributed by atoms with Gasteiger partial charge < -0.3 is 14.0 Å². The van der Waals surface area contributed by atoms with Crippen molar-refractivity contribution in [1.29, 1.82) is 0 Å². The van der Waals surface area contributed by atoms with E-state index in [1.807, 2.05) is 5.16 Å². The van der Waals surface area contributed by atoms with Gasteiger partial charge in [-0.15, -0.1) is 0 Å². The van der Waals surface area contributed by atoms with Gasteiger partial charge in [0, 0.05) is 6.20 Å². The van der Waals surface area contributed by atoms with Crippen molar-refractivity contribution in [1.82, 2.24) is 4.57 Å².